The maximum Gasteiger partial charge on any atom is 0.237 e. The Morgan fingerprint density at radius 2 is 1.61 bits per heavy atom. The fourth-order valence-electron chi connectivity index (χ4n) is 2.43. The van der Waals surface area contributed by atoms with Crippen LogP contribution in [0.25, 0.3) is 0 Å². The summed E-state index contributed by atoms with van der Waals surface area (Å²) in [4.78, 5) is 13.4. The van der Waals surface area contributed by atoms with Crippen molar-refractivity contribution in [3.8, 4) is 11.5 Å². The molecule has 1 saturated heterocycles. The Morgan fingerprint density at radius 1 is 1.00 bits per heavy atom. The molecule has 0 N–H and O–H groups in total. The molecule has 1 aliphatic heterocycles. The number of carbonyl (C=O) groups excluding carboxylic acids is 1. The molecule has 120 valence electrons. The highest BCUT2D eigenvalue weighted by molar-refractivity contribution is 8.14. The third-order valence-electron chi connectivity index (χ3n) is 3.62. The summed E-state index contributed by atoms with van der Waals surface area (Å²) in [6.45, 7) is 0.0730. The maximum atomic E-state index is 12.0. The van der Waals surface area contributed by atoms with Crippen LogP contribution in [0, 0.1) is 0 Å². The van der Waals surface area contributed by atoms with Gasteiger partial charge in [-0.15, -0.1) is 0 Å². The largest absolute Gasteiger partial charge is 0.457 e. The van der Waals surface area contributed by atoms with Crippen LogP contribution in [0.2, 0.25) is 0 Å². The number of hydrogen-bond donors (Lipinski definition) is 0. The lowest BCUT2D eigenvalue weighted by Crippen LogP contribution is -2.26. The molecule has 2 aromatic rings. The minimum Gasteiger partial charge on any atom is -0.457 e. The SMILES string of the molecule is O=C1CC(S(=O)(=O)Cl)CN1c1ccc(Oc2ccccc2)cc1. The predicted molar refractivity (Wildman–Crippen MR) is 88.5 cm³/mol. The molecule has 1 unspecified atom stereocenters. The molecule has 0 aromatic heterocycles. The smallest absolute Gasteiger partial charge is 0.237 e. The highest BCUT2D eigenvalue weighted by atomic mass is 35.7. The number of rotatable bonds is 4. The molecule has 3 rings (SSSR count). The molecule has 1 atom stereocenters. The van der Waals surface area contributed by atoms with Gasteiger partial charge in [0.2, 0.25) is 15.0 Å². The Hall–Kier alpha value is -2.05. The monoisotopic (exact) mass is 351 g/mol. The molecule has 0 bridgehead atoms. The second kappa shape index (κ2) is 6.22. The van der Waals surface area contributed by atoms with Gasteiger partial charge in [0.05, 0.1) is 0 Å². The molecular formula is C16H14ClNO4S. The molecule has 23 heavy (non-hydrogen) atoms. The summed E-state index contributed by atoms with van der Waals surface area (Å²) in [6, 6.07) is 16.2. The first-order valence-electron chi connectivity index (χ1n) is 7.00. The number of amides is 1. The second-order valence-electron chi connectivity index (χ2n) is 5.22. The van der Waals surface area contributed by atoms with E-state index in [9.17, 15) is 13.2 Å². The quantitative estimate of drug-likeness (QED) is 0.794. The summed E-state index contributed by atoms with van der Waals surface area (Å²) in [7, 11) is 1.61. The Balaban J connectivity index is 1.74. The van der Waals surface area contributed by atoms with Crippen LogP contribution >= 0.6 is 10.7 Å². The van der Waals surface area contributed by atoms with Crippen molar-refractivity contribution in [2.24, 2.45) is 0 Å². The summed E-state index contributed by atoms with van der Waals surface area (Å²) in [6.07, 6.45) is -0.0892. The van der Waals surface area contributed by atoms with Gasteiger partial charge in [-0.2, -0.15) is 0 Å². The van der Waals surface area contributed by atoms with Crippen molar-refractivity contribution < 1.29 is 17.9 Å². The van der Waals surface area contributed by atoms with Crippen molar-refractivity contribution >= 4 is 31.3 Å². The van der Waals surface area contributed by atoms with E-state index in [2.05, 4.69) is 0 Å². The first-order valence-corrected chi connectivity index (χ1v) is 9.37. The van der Waals surface area contributed by atoms with Crippen LogP contribution in [0.15, 0.2) is 54.6 Å². The summed E-state index contributed by atoms with van der Waals surface area (Å²) in [5.41, 5.74) is 0.623. The number of nitrogens with zero attached hydrogens (tertiary/aromatic N) is 1. The van der Waals surface area contributed by atoms with Crippen LogP contribution in [-0.4, -0.2) is 26.1 Å². The van der Waals surface area contributed by atoms with Gasteiger partial charge in [-0.3, -0.25) is 4.79 Å². The van der Waals surface area contributed by atoms with Crippen LogP contribution in [0.5, 0.6) is 11.5 Å². The van der Waals surface area contributed by atoms with Crippen LogP contribution in [-0.2, 0) is 13.8 Å². The summed E-state index contributed by atoms with van der Waals surface area (Å²) >= 11 is 0. The fraction of sp³-hybridized carbons (Fsp3) is 0.188. The lowest BCUT2D eigenvalue weighted by molar-refractivity contribution is -0.117. The number of halogens is 1. The molecule has 7 heteroatoms. The zero-order chi connectivity index (χ0) is 16.4. The number of hydrogen-bond acceptors (Lipinski definition) is 4. The van der Waals surface area contributed by atoms with Gasteiger partial charge in [0.25, 0.3) is 0 Å². The summed E-state index contributed by atoms with van der Waals surface area (Å²) in [5, 5.41) is -0.864. The highest BCUT2D eigenvalue weighted by Crippen LogP contribution is 2.29. The van der Waals surface area contributed by atoms with Crippen LogP contribution in [0.1, 0.15) is 6.42 Å². The zero-order valence-electron chi connectivity index (χ0n) is 12.1. The fourth-order valence-corrected chi connectivity index (χ4v) is 3.46. The number of ether oxygens (including phenoxy) is 1. The first kappa shape index (κ1) is 15.8. The molecule has 0 aliphatic carbocycles. The Kier molecular flexibility index (Phi) is 4.28. The summed E-state index contributed by atoms with van der Waals surface area (Å²) < 4.78 is 28.4. The molecule has 0 saturated carbocycles. The average Bonchev–Trinajstić information content (AvgIpc) is 2.91. The van der Waals surface area contributed by atoms with E-state index < -0.39 is 14.3 Å². The first-order chi connectivity index (χ1) is 10.9. The van der Waals surface area contributed by atoms with Gasteiger partial charge in [-0.1, -0.05) is 18.2 Å². The van der Waals surface area contributed by atoms with Gasteiger partial charge < -0.3 is 9.64 Å². The van der Waals surface area contributed by atoms with E-state index in [-0.39, 0.29) is 18.9 Å². The van der Waals surface area contributed by atoms with Crippen molar-refractivity contribution in [1.29, 1.82) is 0 Å². The highest BCUT2D eigenvalue weighted by Gasteiger charge is 2.37. The molecule has 1 aliphatic rings. The van der Waals surface area contributed by atoms with E-state index in [1.807, 2.05) is 30.3 Å². The van der Waals surface area contributed by atoms with Crippen molar-refractivity contribution in [3.63, 3.8) is 0 Å². The van der Waals surface area contributed by atoms with Crippen LogP contribution in [0.3, 0.4) is 0 Å². The topological polar surface area (TPSA) is 63.7 Å². The predicted octanol–water partition coefficient (Wildman–Crippen LogP) is 3.15. The summed E-state index contributed by atoms with van der Waals surface area (Å²) in [5.74, 6) is 1.09. The van der Waals surface area contributed by atoms with Gasteiger partial charge in [0.1, 0.15) is 16.7 Å². The minimum atomic E-state index is -3.74. The number of anilines is 1. The molecule has 1 fully saturated rings. The van der Waals surface area contributed by atoms with Gasteiger partial charge in [-0.05, 0) is 36.4 Å². The Bertz CT molecular complexity index is 806. The van der Waals surface area contributed by atoms with Crippen molar-refractivity contribution in [3.05, 3.63) is 54.6 Å². The lowest BCUT2D eigenvalue weighted by atomic mass is 10.2. The lowest BCUT2D eigenvalue weighted by Gasteiger charge is -2.16. The number of carbonyl (C=O) groups is 1. The zero-order valence-corrected chi connectivity index (χ0v) is 13.6. The molecule has 1 amide bonds. The molecule has 5 nitrogen and oxygen atoms in total. The van der Waals surface area contributed by atoms with Gasteiger partial charge >= 0.3 is 0 Å². The third-order valence-corrected chi connectivity index (χ3v) is 5.48. The van der Waals surface area contributed by atoms with Gasteiger partial charge in [0.15, 0.2) is 0 Å². The molecule has 0 radical (unpaired) electrons. The average molecular weight is 352 g/mol. The van der Waals surface area contributed by atoms with Crippen molar-refractivity contribution in [1.82, 2.24) is 0 Å². The maximum absolute atomic E-state index is 12.0. The molecular weight excluding hydrogens is 338 g/mol. The molecule has 0 spiro atoms. The van der Waals surface area contributed by atoms with E-state index in [4.69, 9.17) is 15.4 Å². The Labute approximate surface area is 138 Å². The Morgan fingerprint density at radius 3 is 2.17 bits per heavy atom. The number of para-hydroxylation sites is 1. The normalized spacial score (nSPS) is 18.2. The third kappa shape index (κ3) is 3.65. The van der Waals surface area contributed by atoms with Gasteiger partial charge in [-0.25, -0.2) is 8.42 Å². The van der Waals surface area contributed by atoms with Gasteiger partial charge in [0, 0.05) is 29.3 Å². The van der Waals surface area contributed by atoms with Crippen LogP contribution < -0.4 is 9.64 Å². The van der Waals surface area contributed by atoms with E-state index >= 15 is 0 Å². The molecule has 1 heterocycles. The minimum absolute atomic E-state index is 0.0730. The van der Waals surface area contributed by atoms with Crippen molar-refractivity contribution in [2.75, 3.05) is 11.4 Å². The number of benzene rings is 2. The van der Waals surface area contributed by atoms with E-state index in [1.165, 1.54) is 4.90 Å². The van der Waals surface area contributed by atoms with E-state index in [0.717, 1.165) is 0 Å². The second-order valence-corrected chi connectivity index (χ2v) is 8.12. The van der Waals surface area contributed by atoms with Crippen LogP contribution in [0.4, 0.5) is 5.69 Å². The van der Waals surface area contributed by atoms with Crippen molar-refractivity contribution in [2.45, 2.75) is 11.7 Å². The van der Waals surface area contributed by atoms with E-state index in [0.29, 0.717) is 17.2 Å². The molecule has 2 aromatic carbocycles. The standard InChI is InChI=1S/C16H14ClNO4S/c17-23(20,21)15-10-16(19)18(11-15)12-6-8-14(9-7-12)22-13-4-2-1-3-5-13/h1-9,15H,10-11H2. The van der Waals surface area contributed by atoms with E-state index in [1.54, 1.807) is 24.3 Å².